The first-order chi connectivity index (χ1) is 14.4. The highest BCUT2D eigenvalue weighted by Crippen LogP contribution is 2.29. The van der Waals surface area contributed by atoms with Crippen molar-refractivity contribution in [2.24, 2.45) is 5.10 Å². The third-order valence-corrected chi connectivity index (χ3v) is 4.09. The van der Waals surface area contributed by atoms with Gasteiger partial charge in [-0.2, -0.15) is 5.10 Å². The van der Waals surface area contributed by atoms with Crippen molar-refractivity contribution in [2.45, 2.75) is 13.3 Å². The number of anilines is 1. The second-order valence-electron chi connectivity index (χ2n) is 6.15. The normalized spacial score (nSPS) is 10.8. The fourth-order valence-electron chi connectivity index (χ4n) is 2.57. The van der Waals surface area contributed by atoms with E-state index < -0.39 is 5.91 Å². The zero-order valence-corrected chi connectivity index (χ0v) is 17.6. The highest BCUT2D eigenvalue weighted by Gasteiger charge is 2.12. The minimum absolute atomic E-state index is 0.0213. The van der Waals surface area contributed by atoms with Crippen LogP contribution in [0.3, 0.4) is 0 Å². The SMILES string of the molecule is COc1ccc(OC)c(NC(=O)C/C(C)=N/NC(=O)c2ccc(OC)c(OC)c2)c1. The van der Waals surface area contributed by atoms with Crippen LogP contribution < -0.4 is 29.7 Å². The van der Waals surface area contributed by atoms with Crippen molar-refractivity contribution in [3.05, 3.63) is 42.0 Å². The summed E-state index contributed by atoms with van der Waals surface area (Å²) >= 11 is 0. The van der Waals surface area contributed by atoms with Crippen LogP contribution in [0.2, 0.25) is 0 Å². The van der Waals surface area contributed by atoms with Crippen LogP contribution in [-0.4, -0.2) is 46.0 Å². The third kappa shape index (κ3) is 5.87. The molecule has 0 aliphatic rings. The average Bonchev–Trinajstić information content (AvgIpc) is 2.76. The minimum Gasteiger partial charge on any atom is -0.497 e. The highest BCUT2D eigenvalue weighted by atomic mass is 16.5. The number of hydrogen-bond donors (Lipinski definition) is 2. The lowest BCUT2D eigenvalue weighted by Crippen LogP contribution is -2.21. The predicted molar refractivity (Wildman–Crippen MR) is 113 cm³/mol. The van der Waals surface area contributed by atoms with Gasteiger partial charge in [0.05, 0.1) is 40.5 Å². The zero-order valence-electron chi connectivity index (χ0n) is 17.6. The van der Waals surface area contributed by atoms with Crippen LogP contribution in [0.4, 0.5) is 5.69 Å². The molecule has 9 heteroatoms. The Kier molecular flexibility index (Phi) is 8.04. The van der Waals surface area contributed by atoms with Crippen LogP contribution in [0.15, 0.2) is 41.5 Å². The summed E-state index contributed by atoms with van der Waals surface area (Å²) in [5.41, 5.74) is 3.66. The number of carbonyl (C=O) groups excluding carboxylic acids is 2. The molecule has 0 radical (unpaired) electrons. The van der Waals surface area contributed by atoms with E-state index in [0.29, 0.717) is 40.0 Å². The summed E-state index contributed by atoms with van der Waals surface area (Å²) < 4.78 is 20.7. The molecule has 0 fully saturated rings. The Morgan fingerprint density at radius 3 is 2.17 bits per heavy atom. The van der Waals surface area contributed by atoms with E-state index in [-0.39, 0.29) is 12.3 Å². The van der Waals surface area contributed by atoms with E-state index in [1.165, 1.54) is 28.4 Å². The molecule has 2 amide bonds. The molecule has 9 nitrogen and oxygen atoms in total. The van der Waals surface area contributed by atoms with E-state index in [2.05, 4.69) is 15.8 Å². The van der Waals surface area contributed by atoms with Crippen molar-refractivity contribution >= 4 is 23.2 Å². The van der Waals surface area contributed by atoms with Crippen LogP contribution in [0.25, 0.3) is 0 Å². The molecule has 0 aliphatic heterocycles. The molecule has 0 bridgehead atoms. The number of nitrogens with zero attached hydrogens (tertiary/aromatic N) is 1. The summed E-state index contributed by atoms with van der Waals surface area (Å²) in [5.74, 6) is 1.27. The maximum absolute atomic E-state index is 12.3. The number of hydrogen-bond acceptors (Lipinski definition) is 7. The van der Waals surface area contributed by atoms with Crippen LogP contribution in [-0.2, 0) is 4.79 Å². The van der Waals surface area contributed by atoms with E-state index in [0.717, 1.165) is 0 Å². The smallest absolute Gasteiger partial charge is 0.271 e. The Hall–Kier alpha value is -3.75. The van der Waals surface area contributed by atoms with Crippen molar-refractivity contribution in [2.75, 3.05) is 33.8 Å². The fourth-order valence-corrected chi connectivity index (χ4v) is 2.57. The van der Waals surface area contributed by atoms with Gasteiger partial charge in [-0.1, -0.05) is 0 Å². The largest absolute Gasteiger partial charge is 0.497 e. The van der Waals surface area contributed by atoms with Gasteiger partial charge in [-0.15, -0.1) is 0 Å². The number of rotatable bonds is 9. The lowest BCUT2D eigenvalue weighted by atomic mass is 10.2. The molecular formula is C21H25N3O6. The molecule has 30 heavy (non-hydrogen) atoms. The number of hydrazone groups is 1. The molecule has 2 N–H and O–H groups in total. The zero-order chi connectivity index (χ0) is 22.1. The summed E-state index contributed by atoms with van der Waals surface area (Å²) in [6.45, 7) is 1.64. The van der Waals surface area contributed by atoms with E-state index in [1.54, 1.807) is 43.3 Å². The van der Waals surface area contributed by atoms with Gasteiger partial charge in [0.25, 0.3) is 5.91 Å². The van der Waals surface area contributed by atoms with Crippen LogP contribution in [0.1, 0.15) is 23.7 Å². The first kappa shape index (κ1) is 22.5. The number of amides is 2. The first-order valence-corrected chi connectivity index (χ1v) is 8.99. The standard InChI is InChI=1S/C21H25N3O6/c1-13(10-20(25)22-16-12-15(27-2)7-9-17(16)28-3)23-24-21(26)14-6-8-18(29-4)19(11-14)30-5/h6-9,11-12H,10H2,1-5H3,(H,22,25)(H,24,26)/b23-13+. The van der Waals surface area contributed by atoms with Crippen LogP contribution in [0.5, 0.6) is 23.0 Å². The fraction of sp³-hybridized carbons (Fsp3) is 0.286. The molecule has 2 rings (SSSR count). The lowest BCUT2D eigenvalue weighted by molar-refractivity contribution is -0.115. The van der Waals surface area contributed by atoms with Gasteiger partial charge in [0.15, 0.2) is 11.5 Å². The Labute approximate surface area is 175 Å². The second-order valence-corrected chi connectivity index (χ2v) is 6.15. The number of ether oxygens (including phenoxy) is 4. The Morgan fingerprint density at radius 2 is 1.53 bits per heavy atom. The van der Waals surface area contributed by atoms with Gasteiger partial charge in [0, 0.05) is 17.3 Å². The second kappa shape index (κ2) is 10.7. The van der Waals surface area contributed by atoms with Gasteiger partial charge in [-0.05, 0) is 37.3 Å². The van der Waals surface area contributed by atoms with E-state index in [1.807, 2.05) is 0 Å². The molecule has 0 aliphatic carbocycles. The van der Waals surface area contributed by atoms with Crippen molar-refractivity contribution in [1.82, 2.24) is 5.43 Å². The van der Waals surface area contributed by atoms with Crippen molar-refractivity contribution in [3.8, 4) is 23.0 Å². The summed E-state index contributed by atoms with van der Waals surface area (Å²) in [6.07, 6.45) is -0.0213. The van der Waals surface area contributed by atoms with Crippen molar-refractivity contribution < 1.29 is 28.5 Å². The van der Waals surface area contributed by atoms with Crippen LogP contribution in [0, 0.1) is 0 Å². The first-order valence-electron chi connectivity index (χ1n) is 8.99. The summed E-state index contributed by atoms with van der Waals surface area (Å²) in [4.78, 5) is 24.6. The molecule has 0 saturated carbocycles. The van der Waals surface area contributed by atoms with E-state index >= 15 is 0 Å². The molecule has 0 spiro atoms. The number of methoxy groups -OCH3 is 4. The summed E-state index contributed by atoms with van der Waals surface area (Å²) in [7, 11) is 6.04. The molecule has 0 atom stereocenters. The maximum atomic E-state index is 12.3. The van der Waals surface area contributed by atoms with E-state index in [4.69, 9.17) is 18.9 Å². The number of benzene rings is 2. The van der Waals surface area contributed by atoms with Gasteiger partial charge < -0.3 is 24.3 Å². The molecule has 0 unspecified atom stereocenters. The molecule has 2 aromatic carbocycles. The minimum atomic E-state index is -0.440. The average molecular weight is 415 g/mol. The Balaban J connectivity index is 2.00. The van der Waals surface area contributed by atoms with Crippen LogP contribution >= 0.6 is 0 Å². The summed E-state index contributed by atoms with van der Waals surface area (Å²) in [6, 6.07) is 9.83. The Bertz CT molecular complexity index is 942. The lowest BCUT2D eigenvalue weighted by Gasteiger charge is -2.12. The predicted octanol–water partition coefficient (Wildman–Crippen LogP) is 2.86. The molecule has 0 heterocycles. The molecular weight excluding hydrogens is 390 g/mol. The monoisotopic (exact) mass is 415 g/mol. The van der Waals surface area contributed by atoms with Gasteiger partial charge >= 0.3 is 0 Å². The molecule has 0 saturated heterocycles. The number of nitrogens with one attached hydrogen (secondary N) is 2. The van der Waals surface area contributed by atoms with Gasteiger partial charge in [0.2, 0.25) is 5.91 Å². The van der Waals surface area contributed by atoms with Crippen molar-refractivity contribution in [1.29, 1.82) is 0 Å². The quantitative estimate of drug-likeness (QED) is 0.482. The van der Waals surface area contributed by atoms with Gasteiger partial charge in [-0.3, -0.25) is 9.59 Å². The molecule has 2 aromatic rings. The topological polar surface area (TPSA) is 107 Å². The highest BCUT2D eigenvalue weighted by molar-refractivity contribution is 6.06. The van der Waals surface area contributed by atoms with E-state index in [9.17, 15) is 9.59 Å². The van der Waals surface area contributed by atoms with Gasteiger partial charge in [-0.25, -0.2) is 5.43 Å². The maximum Gasteiger partial charge on any atom is 0.271 e. The molecule has 160 valence electrons. The molecule has 0 aromatic heterocycles. The third-order valence-electron chi connectivity index (χ3n) is 4.09. The Morgan fingerprint density at radius 1 is 0.867 bits per heavy atom. The van der Waals surface area contributed by atoms with Gasteiger partial charge in [0.1, 0.15) is 11.5 Å². The summed E-state index contributed by atoms with van der Waals surface area (Å²) in [5, 5.41) is 6.73. The van der Waals surface area contributed by atoms with Crippen molar-refractivity contribution in [3.63, 3.8) is 0 Å². The number of carbonyl (C=O) groups is 2.